The number of fused-ring (bicyclic) bond motifs is 1. The Morgan fingerprint density at radius 3 is 2.68 bits per heavy atom. The van der Waals surface area contributed by atoms with Gasteiger partial charge in [0.1, 0.15) is 11.6 Å². The molecule has 3 aromatic rings. The molecule has 0 N–H and O–H groups in total. The van der Waals surface area contributed by atoms with Crippen molar-refractivity contribution in [3.05, 3.63) is 65.2 Å². The first-order valence-corrected chi connectivity index (χ1v) is 11.8. The van der Waals surface area contributed by atoms with E-state index in [0.29, 0.717) is 23.3 Å². The second-order valence-corrected chi connectivity index (χ2v) is 10.0. The molecular weight excluding hydrogens is 417 g/mol. The van der Waals surface area contributed by atoms with Crippen LogP contribution in [0.4, 0.5) is 4.39 Å². The minimum atomic E-state index is -3.03. The van der Waals surface area contributed by atoms with Crippen LogP contribution < -0.4 is 0 Å². The van der Waals surface area contributed by atoms with Crippen molar-refractivity contribution in [2.24, 2.45) is 0 Å². The Balaban J connectivity index is 1.63. The fourth-order valence-corrected chi connectivity index (χ4v) is 5.79. The molecule has 0 unspecified atom stereocenters. The van der Waals surface area contributed by atoms with Crippen molar-refractivity contribution in [1.82, 2.24) is 14.5 Å². The summed E-state index contributed by atoms with van der Waals surface area (Å²) in [7, 11) is -3.03. The van der Waals surface area contributed by atoms with Crippen molar-refractivity contribution in [1.29, 1.82) is 0 Å². The molecule has 1 amide bonds. The first-order chi connectivity index (χ1) is 14.8. The highest BCUT2D eigenvalue weighted by Gasteiger charge is 2.31. The second-order valence-electron chi connectivity index (χ2n) is 7.78. The Hall–Kier alpha value is -3.18. The minimum absolute atomic E-state index is 0.105. The molecule has 2 heterocycles. The maximum absolute atomic E-state index is 13.2. The number of aryl methyl sites for hydroxylation is 1. The number of rotatable bonds is 5. The molecule has 1 aromatic heterocycles. The Morgan fingerprint density at radius 2 is 2.03 bits per heavy atom. The van der Waals surface area contributed by atoms with Crippen molar-refractivity contribution in [3.8, 4) is 12.3 Å². The molecule has 4 rings (SSSR count). The molecule has 2 aromatic carbocycles. The molecule has 0 bridgehead atoms. The van der Waals surface area contributed by atoms with E-state index in [2.05, 4.69) is 10.9 Å². The van der Waals surface area contributed by atoms with E-state index >= 15 is 0 Å². The Morgan fingerprint density at radius 1 is 1.29 bits per heavy atom. The van der Waals surface area contributed by atoms with Gasteiger partial charge in [0.15, 0.2) is 9.84 Å². The average molecular weight is 440 g/mol. The number of halogens is 1. The molecule has 0 spiro atoms. The van der Waals surface area contributed by atoms with Crippen molar-refractivity contribution in [3.63, 3.8) is 0 Å². The number of terminal acetylenes is 1. The summed E-state index contributed by atoms with van der Waals surface area (Å²) >= 11 is 0. The van der Waals surface area contributed by atoms with Crippen molar-refractivity contribution >= 4 is 26.8 Å². The normalized spacial score (nSPS) is 17.5. The molecule has 1 fully saturated rings. The standard InChI is InChI=1S/C23H22FN3O3S/c1-3-11-26(14-17-4-7-19(24)8-5-17)23(28)18-6-9-22-21(13-18)25-16(2)27(22)20-10-12-31(29,30)15-20/h1,4-9,13,20H,10-12,14-15H2,2H3/t20-/m0/s1. The van der Waals surface area contributed by atoms with Crippen LogP contribution in [0.25, 0.3) is 11.0 Å². The number of aromatic nitrogens is 2. The fourth-order valence-electron chi connectivity index (χ4n) is 4.09. The third kappa shape index (κ3) is 4.32. The van der Waals surface area contributed by atoms with Crippen LogP contribution in [0.3, 0.4) is 0 Å². The lowest BCUT2D eigenvalue weighted by Crippen LogP contribution is -2.31. The lowest BCUT2D eigenvalue weighted by molar-refractivity contribution is 0.0766. The van der Waals surface area contributed by atoms with Gasteiger partial charge >= 0.3 is 0 Å². The maximum atomic E-state index is 13.2. The first kappa shape index (κ1) is 21.1. The molecule has 1 atom stereocenters. The van der Waals surface area contributed by atoms with Gasteiger partial charge in [-0.05, 0) is 49.2 Å². The number of hydrogen-bond acceptors (Lipinski definition) is 4. The molecule has 8 heteroatoms. The van der Waals surface area contributed by atoms with E-state index in [1.807, 2.05) is 11.5 Å². The van der Waals surface area contributed by atoms with Gasteiger partial charge < -0.3 is 9.47 Å². The SMILES string of the molecule is C#CCN(Cc1ccc(F)cc1)C(=O)c1ccc2c(c1)nc(C)n2[C@H]1CCS(=O)(=O)C1. The van der Waals surface area contributed by atoms with Gasteiger partial charge in [0.25, 0.3) is 5.91 Å². The van der Waals surface area contributed by atoms with Gasteiger partial charge in [-0.3, -0.25) is 4.79 Å². The van der Waals surface area contributed by atoms with E-state index < -0.39 is 9.84 Å². The predicted molar refractivity (Wildman–Crippen MR) is 117 cm³/mol. The maximum Gasteiger partial charge on any atom is 0.255 e. The number of carbonyl (C=O) groups is 1. The van der Waals surface area contributed by atoms with E-state index in [9.17, 15) is 17.6 Å². The summed E-state index contributed by atoms with van der Waals surface area (Å²) in [5, 5.41) is 0. The van der Waals surface area contributed by atoms with Crippen molar-refractivity contribution in [2.45, 2.75) is 25.9 Å². The zero-order valence-electron chi connectivity index (χ0n) is 17.1. The quantitative estimate of drug-likeness (QED) is 0.573. The van der Waals surface area contributed by atoms with Crippen LogP contribution in [0.1, 0.15) is 34.2 Å². The summed E-state index contributed by atoms with van der Waals surface area (Å²) in [4.78, 5) is 19.2. The molecule has 1 aliphatic heterocycles. The monoisotopic (exact) mass is 439 g/mol. The van der Waals surface area contributed by atoms with Crippen LogP contribution in [0.2, 0.25) is 0 Å². The van der Waals surface area contributed by atoms with Crippen LogP contribution in [0.5, 0.6) is 0 Å². The number of nitrogens with zero attached hydrogens (tertiary/aromatic N) is 3. The number of imidazole rings is 1. The summed E-state index contributed by atoms with van der Waals surface area (Å²) in [5.74, 6) is 2.91. The summed E-state index contributed by atoms with van der Waals surface area (Å²) in [6.07, 6.45) is 6.02. The Bertz CT molecular complexity index is 1290. The molecule has 1 aliphatic rings. The fraction of sp³-hybridized carbons (Fsp3) is 0.304. The molecule has 0 radical (unpaired) electrons. The van der Waals surface area contributed by atoms with Crippen LogP contribution in [0, 0.1) is 25.1 Å². The number of hydrogen-bond donors (Lipinski definition) is 0. The lowest BCUT2D eigenvalue weighted by atomic mass is 10.1. The van der Waals surface area contributed by atoms with Crippen LogP contribution in [0.15, 0.2) is 42.5 Å². The largest absolute Gasteiger partial charge is 0.324 e. The summed E-state index contributed by atoms with van der Waals surface area (Å²) in [6, 6.07) is 11.0. The molecule has 0 saturated carbocycles. The van der Waals surface area contributed by atoms with Crippen molar-refractivity contribution in [2.75, 3.05) is 18.1 Å². The van der Waals surface area contributed by atoms with Gasteiger partial charge in [-0.1, -0.05) is 18.1 Å². The van der Waals surface area contributed by atoms with Gasteiger partial charge in [-0.25, -0.2) is 17.8 Å². The third-order valence-electron chi connectivity index (χ3n) is 5.54. The minimum Gasteiger partial charge on any atom is -0.324 e. The molecule has 160 valence electrons. The highest BCUT2D eigenvalue weighted by Crippen LogP contribution is 2.30. The molecule has 1 saturated heterocycles. The van der Waals surface area contributed by atoms with Crippen LogP contribution in [-0.4, -0.2) is 46.8 Å². The summed E-state index contributed by atoms with van der Waals surface area (Å²) < 4.78 is 39.0. The van der Waals surface area contributed by atoms with Gasteiger partial charge in [-0.2, -0.15) is 0 Å². The van der Waals surface area contributed by atoms with Gasteiger partial charge in [0.05, 0.1) is 35.1 Å². The Labute approximate surface area is 180 Å². The zero-order chi connectivity index (χ0) is 22.2. The number of carbonyl (C=O) groups excluding carboxylic acids is 1. The van der Waals surface area contributed by atoms with E-state index in [1.54, 1.807) is 30.3 Å². The van der Waals surface area contributed by atoms with E-state index in [1.165, 1.54) is 17.0 Å². The highest BCUT2D eigenvalue weighted by molar-refractivity contribution is 7.91. The lowest BCUT2D eigenvalue weighted by Gasteiger charge is -2.20. The van der Waals surface area contributed by atoms with E-state index in [4.69, 9.17) is 6.42 Å². The highest BCUT2D eigenvalue weighted by atomic mass is 32.2. The van der Waals surface area contributed by atoms with E-state index in [0.717, 1.165) is 11.1 Å². The number of sulfone groups is 1. The average Bonchev–Trinajstić information content (AvgIpc) is 3.25. The predicted octanol–water partition coefficient (Wildman–Crippen LogP) is 3.12. The third-order valence-corrected chi connectivity index (χ3v) is 7.29. The summed E-state index contributed by atoms with van der Waals surface area (Å²) in [6.45, 7) is 2.21. The molecule has 0 aliphatic carbocycles. The van der Waals surface area contributed by atoms with Crippen LogP contribution >= 0.6 is 0 Å². The molecule has 31 heavy (non-hydrogen) atoms. The van der Waals surface area contributed by atoms with E-state index in [-0.39, 0.29) is 42.4 Å². The number of benzene rings is 2. The zero-order valence-corrected chi connectivity index (χ0v) is 17.9. The summed E-state index contributed by atoms with van der Waals surface area (Å²) in [5.41, 5.74) is 2.65. The van der Waals surface area contributed by atoms with Crippen molar-refractivity contribution < 1.29 is 17.6 Å². The van der Waals surface area contributed by atoms with Gasteiger partial charge in [0, 0.05) is 12.1 Å². The smallest absolute Gasteiger partial charge is 0.255 e. The molecular formula is C23H22FN3O3S. The Kier molecular flexibility index (Phi) is 5.54. The number of amides is 1. The first-order valence-electron chi connectivity index (χ1n) is 9.93. The van der Waals surface area contributed by atoms with Gasteiger partial charge in [0.2, 0.25) is 0 Å². The second kappa shape index (κ2) is 8.16. The van der Waals surface area contributed by atoms with Crippen LogP contribution in [-0.2, 0) is 16.4 Å². The molecule has 6 nitrogen and oxygen atoms in total. The van der Waals surface area contributed by atoms with Gasteiger partial charge in [-0.15, -0.1) is 6.42 Å². The topological polar surface area (TPSA) is 72.3 Å².